The number of benzene rings is 1. The molecule has 0 spiro atoms. The third kappa shape index (κ3) is 2.35. The number of anilines is 1. The van der Waals surface area contributed by atoms with Gasteiger partial charge in [0.05, 0.1) is 11.6 Å². The Morgan fingerprint density at radius 3 is 3.05 bits per heavy atom. The van der Waals surface area contributed by atoms with Crippen molar-refractivity contribution in [2.24, 2.45) is 0 Å². The van der Waals surface area contributed by atoms with Gasteiger partial charge >= 0.3 is 0 Å². The van der Waals surface area contributed by atoms with Gasteiger partial charge in [-0.3, -0.25) is 0 Å². The molecule has 0 radical (unpaired) electrons. The summed E-state index contributed by atoms with van der Waals surface area (Å²) in [4.78, 5) is 0.726. The van der Waals surface area contributed by atoms with Crippen LogP contribution in [0.2, 0.25) is 5.02 Å². The predicted molar refractivity (Wildman–Crippen MR) is 79.1 cm³/mol. The number of ether oxygens (including phenoxy) is 1. The summed E-state index contributed by atoms with van der Waals surface area (Å²) >= 11 is 7.62. The summed E-state index contributed by atoms with van der Waals surface area (Å²) in [5, 5.41) is 14.1. The van der Waals surface area contributed by atoms with Gasteiger partial charge in [0.2, 0.25) is 4.96 Å². The fraction of sp³-hybridized carbons (Fsp3) is 0.250. The molecule has 0 bridgehead atoms. The zero-order valence-electron chi connectivity index (χ0n) is 10.7. The first-order valence-corrected chi connectivity index (χ1v) is 7.14. The van der Waals surface area contributed by atoms with Crippen LogP contribution >= 0.6 is 22.9 Å². The van der Waals surface area contributed by atoms with Gasteiger partial charge in [-0.25, -0.2) is 0 Å². The first kappa shape index (κ1) is 13.3. The molecule has 1 aromatic carbocycles. The standard InChI is InChI=1S/C12H12ClN5OS/c1-19-5-4-10-15-16-12-18(10)17-11(20-12)8-6-7(14)2-3-9(8)13/h2-3,6H,4-5,14H2,1H3. The fourth-order valence-electron chi connectivity index (χ4n) is 1.82. The van der Waals surface area contributed by atoms with Crippen LogP contribution < -0.4 is 5.73 Å². The maximum atomic E-state index is 6.19. The number of nitrogens with zero attached hydrogens (tertiary/aromatic N) is 4. The maximum absolute atomic E-state index is 6.19. The number of halogens is 1. The van der Waals surface area contributed by atoms with Crippen LogP contribution in [0.1, 0.15) is 5.82 Å². The lowest BCUT2D eigenvalue weighted by Gasteiger charge is -2.01. The van der Waals surface area contributed by atoms with Crippen molar-refractivity contribution >= 4 is 33.6 Å². The number of aromatic nitrogens is 4. The van der Waals surface area contributed by atoms with Gasteiger partial charge in [0.1, 0.15) is 5.01 Å². The molecule has 6 nitrogen and oxygen atoms in total. The van der Waals surface area contributed by atoms with Crippen LogP contribution in [-0.2, 0) is 11.2 Å². The van der Waals surface area contributed by atoms with Crippen molar-refractivity contribution in [3.8, 4) is 10.6 Å². The van der Waals surface area contributed by atoms with Crippen molar-refractivity contribution in [3.05, 3.63) is 29.0 Å². The summed E-state index contributed by atoms with van der Waals surface area (Å²) in [6.07, 6.45) is 0.658. The molecule has 0 unspecified atom stereocenters. The summed E-state index contributed by atoms with van der Waals surface area (Å²) in [5.74, 6) is 0.768. The Kier molecular flexibility index (Phi) is 3.56. The molecular formula is C12H12ClN5OS. The highest BCUT2D eigenvalue weighted by atomic mass is 35.5. The number of nitrogens with two attached hydrogens (primary N) is 1. The number of hydrogen-bond acceptors (Lipinski definition) is 6. The molecule has 0 fully saturated rings. The Labute approximate surface area is 124 Å². The van der Waals surface area contributed by atoms with E-state index in [0.717, 1.165) is 21.4 Å². The highest BCUT2D eigenvalue weighted by molar-refractivity contribution is 7.19. The van der Waals surface area contributed by atoms with Crippen molar-refractivity contribution in [1.29, 1.82) is 0 Å². The van der Waals surface area contributed by atoms with Crippen LogP contribution in [0.25, 0.3) is 15.5 Å². The molecule has 8 heteroatoms. The Bertz CT molecular complexity index is 753. The molecule has 0 amide bonds. The van der Waals surface area contributed by atoms with Crippen LogP contribution in [0, 0.1) is 0 Å². The molecule has 0 saturated carbocycles. The monoisotopic (exact) mass is 309 g/mol. The Balaban J connectivity index is 2.04. The Morgan fingerprint density at radius 1 is 1.40 bits per heavy atom. The lowest BCUT2D eigenvalue weighted by Crippen LogP contribution is -2.01. The molecule has 3 rings (SSSR count). The topological polar surface area (TPSA) is 78.3 Å². The SMILES string of the molecule is COCCc1nnc2sc(-c3cc(N)ccc3Cl)nn12. The average Bonchev–Trinajstić information content (AvgIpc) is 3.00. The highest BCUT2D eigenvalue weighted by Gasteiger charge is 2.14. The van der Waals surface area contributed by atoms with Crippen LogP contribution in [0.4, 0.5) is 5.69 Å². The van der Waals surface area contributed by atoms with E-state index in [9.17, 15) is 0 Å². The van der Waals surface area contributed by atoms with Gasteiger partial charge in [-0.2, -0.15) is 9.61 Å². The van der Waals surface area contributed by atoms with Gasteiger partial charge in [0.15, 0.2) is 5.82 Å². The summed E-state index contributed by atoms with van der Waals surface area (Å²) in [7, 11) is 1.65. The smallest absolute Gasteiger partial charge is 0.234 e. The maximum Gasteiger partial charge on any atom is 0.234 e. The molecule has 0 aliphatic rings. The van der Waals surface area contributed by atoms with Crippen LogP contribution in [0.3, 0.4) is 0 Å². The van der Waals surface area contributed by atoms with Crippen molar-refractivity contribution in [2.75, 3.05) is 19.5 Å². The van der Waals surface area contributed by atoms with Gasteiger partial charge in [-0.1, -0.05) is 22.9 Å². The van der Waals surface area contributed by atoms with Crippen molar-refractivity contribution in [3.63, 3.8) is 0 Å². The van der Waals surface area contributed by atoms with E-state index in [2.05, 4.69) is 15.3 Å². The average molecular weight is 310 g/mol. The highest BCUT2D eigenvalue weighted by Crippen LogP contribution is 2.32. The van der Waals surface area contributed by atoms with Crippen LogP contribution in [-0.4, -0.2) is 33.5 Å². The van der Waals surface area contributed by atoms with E-state index >= 15 is 0 Å². The quantitative estimate of drug-likeness (QED) is 0.748. The summed E-state index contributed by atoms with van der Waals surface area (Å²) < 4.78 is 6.77. The normalized spacial score (nSPS) is 11.3. The van der Waals surface area contributed by atoms with Crippen molar-refractivity contribution < 1.29 is 4.74 Å². The summed E-state index contributed by atoms with van der Waals surface area (Å²) in [6.45, 7) is 0.576. The molecule has 104 valence electrons. The Morgan fingerprint density at radius 2 is 2.25 bits per heavy atom. The van der Waals surface area contributed by atoms with Gasteiger partial charge in [0.25, 0.3) is 0 Å². The zero-order chi connectivity index (χ0) is 14.1. The molecule has 3 aromatic rings. The second-order valence-corrected chi connectivity index (χ2v) is 5.56. The second kappa shape index (κ2) is 5.35. The first-order valence-electron chi connectivity index (χ1n) is 5.94. The van der Waals surface area contributed by atoms with E-state index in [0.29, 0.717) is 23.7 Å². The van der Waals surface area contributed by atoms with Gasteiger partial charge < -0.3 is 10.5 Å². The minimum atomic E-state index is 0.576. The molecule has 2 heterocycles. The number of nitrogen functional groups attached to an aromatic ring is 1. The summed E-state index contributed by atoms with van der Waals surface area (Å²) in [6, 6.07) is 5.33. The minimum absolute atomic E-state index is 0.576. The van der Waals surface area contributed by atoms with Crippen molar-refractivity contribution in [2.45, 2.75) is 6.42 Å². The minimum Gasteiger partial charge on any atom is -0.399 e. The van der Waals surface area contributed by atoms with E-state index in [4.69, 9.17) is 22.1 Å². The van der Waals surface area contributed by atoms with E-state index < -0.39 is 0 Å². The zero-order valence-corrected chi connectivity index (χ0v) is 12.3. The molecule has 0 aliphatic heterocycles. The number of fused-ring (bicyclic) bond motifs is 1. The second-order valence-electron chi connectivity index (χ2n) is 4.20. The third-order valence-electron chi connectivity index (χ3n) is 2.81. The van der Waals surface area contributed by atoms with Gasteiger partial charge in [-0.15, -0.1) is 10.2 Å². The first-order chi connectivity index (χ1) is 9.69. The molecular weight excluding hydrogens is 298 g/mol. The lowest BCUT2D eigenvalue weighted by molar-refractivity contribution is 0.200. The predicted octanol–water partition coefficient (Wildman–Crippen LogP) is 2.28. The number of rotatable bonds is 4. The Hall–Kier alpha value is -1.70. The lowest BCUT2D eigenvalue weighted by atomic mass is 10.2. The molecule has 20 heavy (non-hydrogen) atoms. The molecule has 2 aromatic heterocycles. The van der Waals surface area contributed by atoms with E-state index in [1.807, 2.05) is 6.07 Å². The largest absolute Gasteiger partial charge is 0.399 e. The fourth-order valence-corrected chi connectivity index (χ4v) is 2.97. The van der Waals surface area contributed by atoms with E-state index in [1.54, 1.807) is 23.8 Å². The van der Waals surface area contributed by atoms with E-state index in [-0.39, 0.29) is 0 Å². The summed E-state index contributed by atoms with van der Waals surface area (Å²) in [5.41, 5.74) is 7.25. The third-order valence-corrected chi connectivity index (χ3v) is 4.07. The van der Waals surface area contributed by atoms with Gasteiger partial charge in [0, 0.05) is 24.8 Å². The molecule has 0 atom stereocenters. The van der Waals surface area contributed by atoms with E-state index in [1.165, 1.54) is 11.3 Å². The van der Waals surface area contributed by atoms with Gasteiger partial charge in [-0.05, 0) is 18.2 Å². The molecule has 0 aliphatic carbocycles. The number of hydrogen-bond donors (Lipinski definition) is 1. The number of methoxy groups -OCH3 is 1. The molecule has 0 saturated heterocycles. The van der Waals surface area contributed by atoms with Crippen LogP contribution in [0.5, 0.6) is 0 Å². The van der Waals surface area contributed by atoms with Crippen molar-refractivity contribution in [1.82, 2.24) is 19.8 Å². The molecule has 2 N–H and O–H groups in total. The van der Waals surface area contributed by atoms with Crippen LogP contribution in [0.15, 0.2) is 18.2 Å².